The zero-order valence-corrected chi connectivity index (χ0v) is 42.2. The van der Waals surface area contributed by atoms with E-state index in [0.717, 1.165) is 44.8 Å². The third-order valence-electron chi connectivity index (χ3n) is 13.6. The molecule has 2 unspecified atom stereocenters. The maximum Gasteiger partial charge on any atom is 0.145 e. The molecule has 0 saturated heterocycles. The van der Waals surface area contributed by atoms with Crippen molar-refractivity contribution >= 4 is 75.2 Å². The molecule has 2 atom stereocenters. The minimum Gasteiger partial charge on any atom is -0.493 e. The Hall–Kier alpha value is -2.89. The number of ether oxygens (including phenoxy) is 1. The SMILES string of the molecule is CCCCCCCCC(CCCCCC)COc1ccc2ccccc2c1-c1nc2c3cc(Br)ccc3c3ccc(Br)cc3c2n1CC(CCCCCC)CCCCCCCC. The van der Waals surface area contributed by atoms with E-state index in [9.17, 15) is 0 Å². The lowest BCUT2D eigenvalue weighted by Gasteiger charge is -2.23. The lowest BCUT2D eigenvalue weighted by molar-refractivity contribution is 0.225. The first-order valence-corrected chi connectivity index (χ1v) is 26.9. The lowest BCUT2D eigenvalue weighted by atomic mass is 9.93. The summed E-state index contributed by atoms with van der Waals surface area (Å²) < 4.78 is 12.1. The van der Waals surface area contributed by atoms with Crippen LogP contribution >= 0.6 is 31.9 Å². The van der Waals surface area contributed by atoms with Gasteiger partial charge in [-0.15, -0.1) is 0 Å². The second kappa shape index (κ2) is 26.2. The summed E-state index contributed by atoms with van der Waals surface area (Å²) in [6, 6.07) is 27.1. The summed E-state index contributed by atoms with van der Waals surface area (Å²) >= 11 is 7.78. The molecule has 1 heterocycles. The molecule has 0 aliphatic heterocycles. The van der Waals surface area contributed by atoms with Crippen LogP contribution in [0.5, 0.6) is 5.75 Å². The number of nitrogens with zero attached hydrogens (tertiary/aromatic N) is 2. The van der Waals surface area contributed by atoms with Crippen LogP contribution in [-0.2, 0) is 6.54 Å². The van der Waals surface area contributed by atoms with Crippen LogP contribution < -0.4 is 4.74 Å². The number of imidazole rings is 1. The van der Waals surface area contributed by atoms with Gasteiger partial charge < -0.3 is 9.30 Å². The van der Waals surface area contributed by atoms with Gasteiger partial charge in [0.15, 0.2) is 0 Å². The first-order valence-electron chi connectivity index (χ1n) is 25.3. The number of fused-ring (bicyclic) bond motifs is 7. The van der Waals surface area contributed by atoms with E-state index in [1.54, 1.807) is 0 Å². The molecular weight excluding hydrogens is 888 g/mol. The second-order valence-electron chi connectivity index (χ2n) is 18.6. The lowest BCUT2D eigenvalue weighted by Crippen LogP contribution is -2.15. The van der Waals surface area contributed by atoms with Crippen LogP contribution in [0.15, 0.2) is 81.7 Å². The fourth-order valence-electron chi connectivity index (χ4n) is 10.0. The molecule has 5 heteroatoms. The van der Waals surface area contributed by atoms with Crippen molar-refractivity contribution in [1.82, 2.24) is 9.55 Å². The van der Waals surface area contributed by atoms with Gasteiger partial charge in [-0.05, 0) is 89.4 Å². The monoisotopic (exact) mass is 964 g/mol. The van der Waals surface area contributed by atoms with E-state index < -0.39 is 0 Å². The normalized spacial score (nSPS) is 12.9. The van der Waals surface area contributed by atoms with Crippen molar-refractivity contribution in [3.63, 3.8) is 0 Å². The Labute approximate surface area is 392 Å². The Kier molecular flexibility index (Phi) is 20.5. The predicted octanol–water partition coefficient (Wildman–Crippen LogP) is 19.7. The standard InChI is InChI=1S/C57H78Br2N2O/c1-5-9-13-17-19-23-28-43(27-21-15-11-7-3)41-61-56-52-40-47(59)35-37-50(52)49-36-34-46(58)39-51(49)55(56)60-57(61)54-48-32-26-25-31-45(48)33-38-53(54)62-42-44(29-22-16-12-8-4)30-24-20-18-14-10-6-2/h25-26,31-40,43-44H,5-24,27-30,41-42H2,1-4H3. The van der Waals surface area contributed by atoms with E-state index in [4.69, 9.17) is 9.72 Å². The highest BCUT2D eigenvalue weighted by atomic mass is 79.9. The van der Waals surface area contributed by atoms with Gasteiger partial charge in [-0.3, -0.25) is 0 Å². The number of halogens is 2. The summed E-state index contributed by atoms with van der Waals surface area (Å²) in [7, 11) is 0. The first-order chi connectivity index (χ1) is 30.5. The van der Waals surface area contributed by atoms with Crippen LogP contribution in [0.1, 0.15) is 182 Å². The average Bonchev–Trinajstić information content (AvgIpc) is 3.66. The van der Waals surface area contributed by atoms with Crippen LogP contribution in [0.25, 0.3) is 54.7 Å². The summed E-state index contributed by atoms with van der Waals surface area (Å²) in [6.07, 6.45) is 31.4. The van der Waals surface area contributed by atoms with E-state index >= 15 is 0 Å². The highest BCUT2D eigenvalue weighted by Gasteiger charge is 2.26. The Morgan fingerprint density at radius 3 is 1.60 bits per heavy atom. The van der Waals surface area contributed by atoms with Gasteiger partial charge in [0.25, 0.3) is 0 Å². The van der Waals surface area contributed by atoms with Crippen molar-refractivity contribution in [1.29, 1.82) is 0 Å². The Balaban J connectivity index is 1.48. The van der Waals surface area contributed by atoms with Crippen LogP contribution in [0, 0.1) is 11.8 Å². The van der Waals surface area contributed by atoms with Gasteiger partial charge >= 0.3 is 0 Å². The zero-order chi connectivity index (χ0) is 43.5. The topological polar surface area (TPSA) is 27.1 Å². The van der Waals surface area contributed by atoms with Crippen LogP contribution in [-0.4, -0.2) is 16.2 Å². The first kappa shape index (κ1) is 48.6. The Morgan fingerprint density at radius 1 is 0.500 bits per heavy atom. The minimum atomic E-state index is 0.559. The summed E-state index contributed by atoms with van der Waals surface area (Å²) in [6.45, 7) is 11.0. The van der Waals surface area contributed by atoms with Crippen molar-refractivity contribution in [3.05, 3.63) is 81.7 Å². The molecule has 0 bridgehead atoms. The average molecular weight is 967 g/mol. The summed E-state index contributed by atoms with van der Waals surface area (Å²) in [5, 5.41) is 7.46. The van der Waals surface area contributed by atoms with Crippen LogP contribution in [0.2, 0.25) is 0 Å². The minimum absolute atomic E-state index is 0.559. The largest absolute Gasteiger partial charge is 0.493 e. The smallest absolute Gasteiger partial charge is 0.145 e. The maximum absolute atomic E-state index is 7.22. The number of rotatable bonds is 30. The molecule has 0 saturated carbocycles. The number of benzene rings is 5. The van der Waals surface area contributed by atoms with Crippen molar-refractivity contribution < 1.29 is 4.74 Å². The fourth-order valence-corrected chi connectivity index (χ4v) is 10.8. The van der Waals surface area contributed by atoms with Crippen LogP contribution in [0.4, 0.5) is 0 Å². The number of hydrogen-bond donors (Lipinski definition) is 0. The third kappa shape index (κ3) is 13.3. The fraction of sp³-hybridized carbons (Fsp3) is 0.561. The van der Waals surface area contributed by atoms with Crippen LogP contribution in [0.3, 0.4) is 0 Å². The molecule has 0 radical (unpaired) electrons. The molecule has 336 valence electrons. The summed E-state index contributed by atoms with van der Waals surface area (Å²) in [5.41, 5.74) is 3.49. The number of hydrogen-bond acceptors (Lipinski definition) is 2. The van der Waals surface area contributed by atoms with Crippen molar-refractivity contribution in [2.24, 2.45) is 11.8 Å². The number of aromatic nitrogens is 2. The maximum atomic E-state index is 7.22. The molecule has 0 amide bonds. The molecule has 0 N–H and O–H groups in total. The van der Waals surface area contributed by atoms with Gasteiger partial charge in [0, 0.05) is 26.3 Å². The van der Waals surface area contributed by atoms with Gasteiger partial charge in [0.1, 0.15) is 11.6 Å². The van der Waals surface area contributed by atoms with Crippen molar-refractivity contribution in [3.8, 4) is 17.1 Å². The van der Waals surface area contributed by atoms with Gasteiger partial charge in [-0.1, -0.05) is 230 Å². The third-order valence-corrected chi connectivity index (χ3v) is 14.6. The molecule has 62 heavy (non-hydrogen) atoms. The van der Waals surface area contributed by atoms with E-state index in [-0.39, 0.29) is 0 Å². The van der Waals surface area contributed by atoms with E-state index in [0.29, 0.717) is 11.8 Å². The molecular formula is C57H78Br2N2O. The molecule has 6 aromatic rings. The molecule has 0 spiro atoms. The van der Waals surface area contributed by atoms with E-state index in [1.165, 1.54) is 192 Å². The molecule has 0 aliphatic carbocycles. The van der Waals surface area contributed by atoms with Gasteiger partial charge in [-0.25, -0.2) is 4.98 Å². The van der Waals surface area contributed by atoms with Gasteiger partial charge in [0.2, 0.25) is 0 Å². The molecule has 3 nitrogen and oxygen atoms in total. The molecule has 0 aliphatic rings. The zero-order valence-electron chi connectivity index (χ0n) is 39.0. The summed E-state index contributed by atoms with van der Waals surface area (Å²) in [4.78, 5) is 5.86. The van der Waals surface area contributed by atoms with Crippen molar-refractivity contribution in [2.45, 2.75) is 188 Å². The highest BCUT2D eigenvalue weighted by molar-refractivity contribution is 9.10. The summed E-state index contributed by atoms with van der Waals surface area (Å²) in [5.74, 6) is 3.16. The quantitative estimate of drug-likeness (QED) is 0.0332. The van der Waals surface area contributed by atoms with Gasteiger partial charge in [0.05, 0.1) is 23.2 Å². The molecule has 5 aromatic carbocycles. The van der Waals surface area contributed by atoms with Gasteiger partial charge in [-0.2, -0.15) is 0 Å². The second-order valence-corrected chi connectivity index (χ2v) is 20.5. The number of unbranched alkanes of at least 4 members (excludes halogenated alkanes) is 16. The Bertz CT molecular complexity index is 2260. The predicted molar refractivity (Wildman–Crippen MR) is 279 cm³/mol. The molecule has 6 rings (SSSR count). The molecule has 0 fully saturated rings. The van der Waals surface area contributed by atoms with E-state index in [2.05, 4.69) is 137 Å². The van der Waals surface area contributed by atoms with Crippen molar-refractivity contribution in [2.75, 3.05) is 6.61 Å². The molecule has 1 aromatic heterocycles. The Morgan fingerprint density at radius 2 is 1.00 bits per heavy atom. The highest BCUT2D eigenvalue weighted by Crippen LogP contribution is 2.44. The van der Waals surface area contributed by atoms with E-state index in [1.807, 2.05) is 0 Å².